The maximum absolute atomic E-state index is 10.9. The minimum Gasteiger partial charge on any atom is -0.498 e. The summed E-state index contributed by atoms with van der Waals surface area (Å²) in [7, 11) is 4.81. The van der Waals surface area contributed by atoms with Gasteiger partial charge in [0.25, 0.3) is 0 Å². The van der Waals surface area contributed by atoms with E-state index in [-0.39, 0.29) is 11.1 Å². The molecule has 0 bridgehead atoms. The third-order valence-electron chi connectivity index (χ3n) is 5.76. The number of aromatic hydroxyl groups is 1. The van der Waals surface area contributed by atoms with Crippen molar-refractivity contribution in [1.29, 1.82) is 0 Å². The minimum atomic E-state index is -0.221. The van der Waals surface area contributed by atoms with Gasteiger partial charge in [0, 0.05) is 0 Å². The fourth-order valence-corrected chi connectivity index (χ4v) is 5.05. The third-order valence-corrected chi connectivity index (χ3v) is 6.61. The molecule has 0 spiro atoms. The Morgan fingerprint density at radius 1 is 1.10 bits per heavy atom. The Hall–Kier alpha value is -2.52. The van der Waals surface area contributed by atoms with Crippen molar-refractivity contribution in [2.45, 2.75) is 32.7 Å². The van der Waals surface area contributed by atoms with Crippen molar-refractivity contribution in [1.82, 2.24) is 19.5 Å². The maximum atomic E-state index is 10.9. The molecule has 9 heteroatoms. The van der Waals surface area contributed by atoms with Gasteiger partial charge in [0.2, 0.25) is 10.7 Å². The first-order valence-corrected chi connectivity index (χ1v) is 10.9. The largest absolute Gasteiger partial charge is 0.498 e. The minimum absolute atomic E-state index is 0.221. The van der Waals surface area contributed by atoms with Gasteiger partial charge in [0.15, 0.2) is 16.6 Å². The van der Waals surface area contributed by atoms with Crippen molar-refractivity contribution < 1.29 is 19.3 Å². The number of nitrogens with zero attached hydrogens (tertiary/aromatic N) is 4. The standard InChI is InChI=1S/C21H28N4O4S/c1-12-6-8-24(9-7-12)17(18-20(26)30-21-22-13(2)23-25(18)21)14-10-15(27-3)19(29-5)16(11-14)28-4/h10-12,17,26H,6-9H2,1-5H3. The van der Waals surface area contributed by atoms with Crippen LogP contribution < -0.4 is 14.2 Å². The van der Waals surface area contributed by atoms with Crippen LogP contribution >= 0.6 is 11.3 Å². The first-order chi connectivity index (χ1) is 14.5. The summed E-state index contributed by atoms with van der Waals surface area (Å²) in [4.78, 5) is 7.52. The summed E-state index contributed by atoms with van der Waals surface area (Å²) < 4.78 is 18.5. The molecule has 30 heavy (non-hydrogen) atoms. The highest BCUT2D eigenvalue weighted by atomic mass is 32.1. The lowest BCUT2D eigenvalue weighted by molar-refractivity contribution is 0.152. The summed E-state index contributed by atoms with van der Waals surface area (Å²) in [5, 5.41) is 15.7. The lowest BCUT2D eigenvalue weighted by Crippen LogP contribution is -2.37. The average Bonchev–Trinajstić information content (AvgIpc) is 3.24. The summed E-state index contributed by atoms with van der Waals surface area (Å²) in [6.07, 6.45) is 2.21. The predicted octanol–water partition coefficient (Wildman–Crippen LogP) is 3.65. The molecule has 0 radical (unpaired) electrons. The van der Waals surface area contributed by atoms with Crippen molar-refractivity contribution in [3.05, 3.63) is 29.2 Å². The first-order valence-electron chi connectivity index (χ1n) is 10.1. The highest BCUT2D eigenvalue weighted by molar-refractivity contribution is 7.18. The number of rotatable bonds is 6. The van der Waals surface area contributed by atoms with Gasteiger partial charge in [0.05, 0.1) is 27.4 Å². The van der Waals surface area contributed by atoms with E-state index in [4.69, 9.17) is 14.2 Å². The Labute approximate surface area is 180 Å². The molecule has 1 aliphatic heterocycles. The molecule has 3 aromatic rings. The van der Waals surface area contributed by atoms with E-state index in [0.29, 0.717) is 34.0 Å². The molecule has 1 atom stereocenters. The molecule has 162 valence electrons. The second kappa shape index (κ2) is 8.31. The fraction of sp³-hybridized carbons (Fsp3) is 0.524. The number of piperidine rings is 1. The molecule has 8 nitrogen and oxygen atoms in total. The van der Waals surface area contributed by atoms with Crippen LogP contribution in [-0.4, -0.2) is 59.0 Å². The summed E-state index contributed by atoms with van der Waals surface area (Å²) in [6.45, 7) is 5.99. The Balaban J connectivity index is 1.91. The van der Waals surface area contributed by atoms with Crippen LogP contribution in [0.1, 0.15) is 42.9 Å². The molecule has 1 fully saturated rings. The lowest BCUT2D eigenvalue weighted by atomic mass is 9.94. The number of ether oxygens (including phenoxy) is 3. The Bertz CT molecular complexity index is 1010. The molecular formula is C21H28N4O4S. The van der Waals surface area contributed by atoms with E-state index in [1.54, 1.807) is 25.8 Å². The molecule has 0 saturated carbocycles. The molecule has 1 unspecified atom stereocenters. The number of methoxy groups -OCH3 is 3. The van der Waals surface area contributed by atoms with Crippen molar-refractivity contribution in [2.75, 3.05) is 34.4 Å². The lowest BCUT2D eigenvalue weighted by Gasteiger charge is -2.36. The Morgan fingerprint density at radius 2 is 1.73 bits per heavy atom. The van der Waals surface area contributed by atoms with E-state index in [9.17, 15) is 5.11 Å². The SMILES string of the molecule is COc1cc(C(c2c(O)sc3nc(C)nn23)N2CCC(C)CC2)cc(OC)c1OC. The van der Waals surface area contributed by atoms with Crippen LogP contribution in [0.2, 0.25) is 0 Å². The zero-order valence-electron chi connectivity index (χ0n) is 18.0. The average molecular weight is 433 g/mol. The number of thiazole rings is 1. The van der Waals surface area contributed by atoms with Crippen LogP contribution in [-0.2, 0) is 0 Å². The highest BCUT2D eigenvalue weighted by Crippen LogP contribution is 2.45. The molecule has 0 amide bonds. The zero-order chi connectivity index (χ0) is 21.4. The van der Waals surface area contributed by atoms with Crippen LogP contribution in [0.4, 0.5) is 0 Å². The van der Waals surface area contributed by atoms with Crippen molar-refractivity contribution in [3.63, 3.8) is 0 Å². The molecule has 4 rings (SSSR count). The van der Waals surface area contributed by atoms with Crippen LogP contribution in [0.25, 0.3) is 4.96 Å². The molecular weight excluding hydrogens is 404 g/mol. The monoisotopic (exact) mass is 432 g/mol. The van der Waals surface area contributed by atoms with Crippen LogP contribution in [0, 0.1) is 12.8 Å². The molecule has 1 saturated heterocycles. The summed E-state index contributed by atoms with van der Waals surface area (Å²) >= 11 is 1.25. The number of benzene rings is 1. The van der Waals surface area contributed by atoms with Gasteiger partial charge in [-0.1, -0.05) is 18.3 Å². The number of likely N-dealkylation sites (tertiary alicyclic amines) is 1. The van der Waals surface area contributed by atoms with Crippen molar-refractivity contribution in [2.24, 2.45) is 5.92 Å². The maximum Gasteiger partial charge on any atom is 0.215 e. The molecule has 2 aromatic heterocycles. The highest BCUT2D eigenvalue weighted by Gasteiger charge is 2.33. The quantitative estimate of drug-likeness (QED) is 0.637. The van der Waals surface area contributed by atoms with Gasteiger partial charge in [0.1, 0.15) is 11.5 Å². The first kappa shape index (κ1) is 20.7. The topological polar surface area (TPSA) is 81.4 Å². The molecule has 1 aliphatic rings. The van der Waals surface area contributed by atoms with E-state index < -0.39 is 0 Å². The number of aromatic nitrogens is 3. The summed E-state index contributed by atoms with van der Waals surface area (Å²) in [5.41, 5.74) is 1.67. The number of aryl methyl sites for hydroxylation is 1. The van der Waals surface area contributed by atoms with Gasteiger partial charge in [-0.2, -0.15) is 5.10 Å². The third kappa shape index (κ3) is 3.56. The molecule has 1 aromatic carbocycles. The van der Waals surface area contributed by atoms with Gasteiger partial charge >= 0.3 is 0 Å². The second-order valence-electron chi connectivity index (χ2n) is 7.73. The zero-order valence-corrected chi connectivity index (χ0v) is 18.8. The van der Waals surface area contributed by atoms with Crippen LogP contribution in [0.5, 0.6) is 22.3 Å². The second-order valence-corrected chi connectivity index (χ2v) is 8.68. The van der Waals surface area contributed by atoms with Gasteiger partial charge in [-0.05, 0) is 56.5 Å². The predicted molar refractivity (Wildman–Crippen MR) is 115 cm³/mol. The molecule has 0 aliphatic carbocycles. The summed E-state index contributed by atoms with van der Waals surface area (Å²) in [5.74, 6) is 3.09. The Morgan fingerprint density at radius 3 is 2.30 bits per heavy atom. The number of hydrogen-bond donors (Lipinski definition) is 1. The van der Waals surface area contributed by atoms with E-state index in [0.717, 1.165) is 37.2 Å². The van der Waals surface area contributed by atoms with E-state index in [1.807, 2.05) is 19.1 Å². The fourth-order valence-electron chi connectivity index (χ4n) is 4.17. The van der Waals surface area contributed by atoms with E-state index in [2.05, 4.69) is 21.9 Å². The van der Waals surface area contributed by atoms with Gasteiger partial charge in [-0.3, -0.25) is 4.90 Å². The van der Waals surface area contributed by atoms with Crippen LogP contribution in [0.15, 0.2) is 12.1 Å². The van der Waals surface area contributed by atoms with Gasteiger partial charge in [-0.15, -0.1) is 0 Å². The summed E-state index contributed by atoms with van der Waals surface area (Å²) in [6, 6.07) is 3.69. The van der Waals surface area contributed by atoms with Crippen molar-refractivity contribution in [3.8, 4) is 22.3 Å². The molecule has 1 N–H and O–H groups in total. The Kier molecular flexibility index (Phi) is 5.75. The smallest absolute Gasteiger partial charge is 0.215 e. The van der Waals surface area contributed by atoms with Gasteiger partial charge in [-0.25, -0.2) is 9.50 Å². The normalized spacial score (nSPS) is 16.7. The van der Waals surface area contributed by atoms with Gasteiger partial charge < -0.3 is 19.3 Å². The number of fused-ring (bicyclic) bond motifs is 1. The van der Waals surface area contributed by atoms with E-state index in [1.165, 1.54) is 11.3 Å². The van der Waals surface area contributed by atoms with E-state index >= 15 is 0 Å². The molecule has 3 heterocycles. The van der Waals surface area contributed by atoms with Crippen LogP contribution in [0.3, 0.4) is 0 Å². The van der Waals surface area contributed by atoms with Crippen molar-refractivity contribution >= 4 is 16.3 Å². The number of hydrogen-bond acceptors (Lipinski definition) is 8.